The monoisotopic (exact) mass is 487 g/mol. The second kappa shape index (κ2) is 9.56. The first kappa shape index (κ1) is 23.3. The minimum Gasteiger partial charge on any atom is -0.343 e. The number of sulfonamides is 1. The number of thioether (sulfide) groups is 1. The number of amides is 2. The standard InChI is InChI=1S/C23H25N3O5S2/c1-15(27)16-4-6-18(7-5-16)25-33(30,31)19-8-9-21-20(13-19)24-23(29)17(14-32-21)12-22(28)26-10-2-3-11-26/h4-9,13,17,25H,2-3,10-12,14H2,1H3,(H,24,29)/t17-/m1/s1. The lowest BCUT2D eigenvalue weighted by molar-refractivity contribution is -0.133. The normalized spacial score (nSPS) is 18.3. The second-order valence-electron chi connectivity index (χ2n) is 8.19. The highest BCUT2D eigenvalue weighted by molar-refractivity contribution is 7.99. The van der Waals surface area contributed by atoms with Gasteiger partial charge in [0.25, 0.3) is 10.0 Å². The molecular formula is C23H25N3O5S2. The lowest BCUT2D eigenvalue weighted by Crippen LogP contribution is -2.33. The molecule has 4 rings (SSSR count). The molecule has 1 saturated heterocycles. The summed E-state index contributed by atoms with van der Waals surface area (Å²) in [5.41, 5.74) is 1.23. The van der Waals surface area contributed by atoms with E-state index < -0.39 is 15.9 Å². The van der Waals surface area contributed by atoms with Gasteiger partial charge in [0.1, 0.15) is 0 Å². The van der Waals surface area contributed by atoms with Gasteiger partial charge in [-0.2, -0.15) is 0 Å². The first-order valence-electron chi connectivity index (χ1n) is 10.7. The van der Waals surface area contributed by atoms with Gasteiger partial charge in [-0.3, -0.25) is 19.1 Å². The van der Waals surface area contributed by atoms with Crippen LogP contribution in [0.15, 0.2) is 52.3 Å². The number of nitrogens with zero attached hydrogens (tertiary/aromatic N) is 1. The highest BCUT2D eigenvalue weighted by Crippen LogP contribution is 2.35. The third kappa shape index (κ3) is 5.39. The number of carbonyl (C=O) groups is 3. The molecule has 2 N–H and O–H groups in total. The van der Waals surface area contributed by atoms with Crippen LogP contribution in [0.1, 0.15) is 36.5 Å². The molecule has 2 aromatic rings. The van der Waals surface area contributed by atoms with Crippen molar-refractivity contribution >= 4 is 50.8 Å². The van der Waals surface area contributed by atoms with Crippen LogP contribution in [-0.2, 0) is 19.6 Å². The number of fused-ring (bicyclic) bond motifs is 1. The van der Waals surface area contributed by atoms with E-state index in [1.807, 2.05) is 0 Å². The van der Waals surface area contributed by atoms with Crippen LogP contribution in [-0.4, -0.2) is 49.8 Å². The Morgan fingerprint density at radius 3 is 2.48 bits per heavy atom. The predicted molar refractivity (Wildman–Crippen MR) is 127 cm³/mol. The number of rotatable bonds is 6. The molecule has 1 fully saturated rings. The molecule has 0 unspecified atom stereocenters. The maximum atomic E-state index is 12.9. The van der Waals surface area contributed by atoms with E-state index in [0.717, 1.165) is 30.8 Å². The van der Waals surface area contributed by atoms with Gasteiger partial charge in [0.15, 0.2) is 5.78 Å². The fraction of sp³-hybridized carbons (Fsp3) is 0.348. The summed E-state index contributed by atoms with van der Waals surface area (Å²) in [6.45, 7) is 2.92. The number of carbonyl (C=O) groups excluding carboxylic acids is 3. The Balaban J connectivity index is 1.48. The summed E-state index contributed by atoms with van der Waals surface area (Å²) in [4.78, 5) is 39.2. The Bertz CT molecular complexity index is 1190. The van der Waals surface area contributed by atoms with Crippen LogP contribution in [0.5, 0.6) is 0 Å². The van der Waals surface area contributed by atoms with Gasteiger partial charge >= 0.3 is 0 Å². The van der Waals surface area contributed by atoms with Gasteiger partial charge in [0.2, 0.25) is 11.8 Å². The quantitative estimate of drug-likeness (QED) is 0.604. The molecule has 2 amide bonds. The van der Waals surface area contributed by atoms with E-state index in [2.05, 4.69) is 10.0 Å². The number of Topliss-reactive ketones (excluding diaryl/α,β-unsaturated/α-hetero) is 1. The zero-order valence-electron chi connectivity index (χ0n) is 18.2. The largest absolute Gasteiger partial charge is 0.343 e. The van der Waals surface area contributed by atoms with Crippen molar-refractivity contribution in [3.63, 3.8) is 0 Å². The van der Waals surface area contributed by atoms with Crippen molar-refractivity contribution in [1.29, 1.82) is 0 Å². The van der Waals surface area contributed by atoms with E-state index in [0.29, 0.717) is 22.7 Å². The number of hydrogen-bond acceptors (Lipinski definition) is 6. The smallest absolute Gasteiger partial charge is 0.261 e. The minimum absolute atomic E-state index is 0.00406. The van der Waals surface area contributed by atoms with Crippen LogP contribution < -0.4 is 10.0 Å². The molecule has 0 spiro atoms. The number of likely N-dealkylation sites (tertiary alicyclic amines) is 1. The topological polar surface area (TPSA) is 113 Å². The lowest BCUT2D eigenvalue weighted by Gasteiger charge is -2.18. The Kier molecular flexibility index (Phi) is 6.76. The van der Waals surface area contributed by atoms with E-state index in [-0.39, 0.29) is 28.9 Å². The summed E-state index contributed by atoms with van der Waals surface area (Å²) in [6.07, 6.45) is 2.14. The van der Waals surface area contributed by atoms with Crippen molar-refractivity contribution in [3.05, 3.63) is 48.0 Å². The van der Waals surface area contributed by atoms with E-state index in [1.165, 1.54) is 43.0 Å². The molecule has 0 bridgehead atoms. The minimum atomic E-state index is -3.91. The highest BCUT2D eigenvalue weighted by Gasteiger charge is 2.30. The van der Waals surface area contributed by atoms with E-state index in [9.17, 15) is 22.8 Å². The molecule has 0 radical (unpaired) electrons. The molecule has 2 aliphatic rings. The van der Waals surface area contributed by atoms with Gasteiger partial charge in [0.05, 0.1) is 16.5 Å². The second-order valence-corrected chi connectivity index (χ2v) is 10.9. The van der Waals surface area contributed by atoms with Crippen LogP contribution >= 0.6 is 11.8 Å². The molecule has 33 heavy (non-hydrogen) atoms. The van der Waals surface area contributed by atoms with E-state index in [4.69, 9.17) is 0 Å². The Labute approximate surface area is 197 Å². The average molecular weight is 488 g/mol. The summed E-state index contributed by atoms with van der Waals surface area (Å²) < 4.78 is 28.3. The van der Waals surface area contributed by atoms with Crippen molar-refractivity contribution < 1.29 is 22.8 Å². The van der Waals surface area contributed by atoms with Crippen molar-refractivity contribution in [2.75, 3.05) is 28.9 Å². The Morgan fingerprint density at radius 1 is 1.12 bits per heavy atom. The summed E-state index contributed by atoms with van der Waals surface area (Å²) >= 11 is 1.43. The molecular weight excluding hydrogens is 462 g/mol. The molecule has 10 heteroatoms. The van der Waals surface area contributed by atoms with Gasteiger partial charge in [-0.15, -0.1) is 11.8 Å². The maximum Gasteiger partial charge on any atom is 0.261 e. The zero-order valence-corrected chi connectivity index (χ0v) is 19.8. The zero-order chi connectivity index (χ0) is 23.6. The number of nitrogens with one attached hydrogen (secondary N) is 2. The predicted octanol–water partition coefficient (Wildman–Crippen LogP) is 3.36. The molecule has 2 aliphatic heterocycles. The molecule has 174 valence electrons. The van der Waals surface area contributed by atoms with Crippen molar-refractivity contribution in [3.8, 4) is 0 Å². The summed E-state index contributed by atoms with van der Waals surface area (Å²) in [6, 6.07) is 10.7. The van der Waals surface area contributed by atoms with Crippen LogP contribution in [0.2, 0.25) is 0 Å². The van der Waals surface area contributed by atoms with Gasteiger partial charge in [-0.25, -0.2) is 8.42 Å². The van der Waals surface area contributed by atoms with E-state index >= 15 is 0 Å². The van der Waals surface area contributed by atoms with Crippen LogP contribution in [0.4, 0.5) is 11.4 Å². The van der Waals surface area contributed by atoms with Crippen molar-refractivity contribution in [2.45, 2.75) is 36.0 Å². The average Bonchev–Trinajstić information content (AvgIpc) is 3.27. The third-order valence-corrected chi connectivity index (χ3v) is 8.37. The fourth-order valence-corrected chi connectivity index (χ4v) is 6.01. The van der Waals surface area contributed by atoms with Crippen molar-refractivity contribution in [2.24, 2.45) is 5.92 Å². The SMILES string of the molecule is CC(=O)c1ccc(NS(=O)(=O)c2ccc3c(c2)NC(=O)[C@H](CC(=O)N2CCCC2)CS3)cc1. The number of hydrogen-bond donors (Lipinski definition) is 2. The number of ketones is 1. The molecule has 2 heterocycles. The van der Waals surface area contributed by atoms with Crippen molar-refractivity contribution in [1.82, 2.24) is 4.90 Å². The first-order valence-corrected chi connectivity index (χ1v) is 13.2. The van der Waals surface area contributed by atoms with Gasteiger partial charge in [-0.05, 0) is 62.2 Å². The summed E-state index contributed by atoms with van der Waals surface area (Å²) in [5, 5.41) is 2.80. The molecule has 2 aromatic carbocycles. The Morgan fingerprint density at radius 2 is 1.82 bits per heavy atom. The maximum absolute atomic E-state index is 12.9. The van der Waals surface area contributed by atoms with Gasteiger partial charge in [0, 0.05) is 41.4 Å². The highest BCUT2D eigenvalue weighted by atomic mass is 32.2. The molecule has 0 aromatic heterocycles. The van der Waals surface area contributed by atoms with Crippen LogP contribution in [0.25, 0.3) is 0 Å². The molecule has 0 aliphatic carbocycles. The molecule has 1 atom stereocenters. The summed E-state index contributed by atoms with van der Waals surface area (Å²) in [7, 11) is -3.91. The molecule has 0 saturated carbocycles. The van der Waals surface area contributed by atoms with Crippen LogP contribution in [0, 0.1) is 5.92 Å². The fourth-order valence-electron chi connectivity index (χ4n) is 3.85. The molecule has 8 nitrogen and oxygen atoms in total. The van der Waals surface area contributed by atoms with Gasteiger partial charge in [-0.1, -0.05) is 0 Å². The number of benzene rings is 2. The Hall–Kier alpha value is -2.85. The number of anilines is 2. The van der Waals surface area contributed by atoms with Gasteiger partial charge < -0.3 is 10.2 Å². The van der Waals surface area contributed by atoms with E-state index in [1.54, 1.807) is 23.1 Å². The lowest BCUT2D eigenvalue weighted by atomic mass is 10.1. The third-order valence-electron chi connectivity index (χ3n) is 5.75. The van der Waals surface area contributed by atoms with Crippen LogP contribution in [0.3, 0.4) is 0 Å². The first-order chi connectivity index (χ1) is 15.7. The summed E-state index contributed by atoms with van der Waals surface area (Å²) in [5.74, 6) is -0.429.